The van der Waals surface area contributed by atoms with Gasteiger partial charge < -0.3 is 10.1 Å². The Morgan fingerprint density at radius 1 is 1.20 bits per heavy atom. The maximum absolute atomic E-state index is 12.1. The summed E-state index contributed by atoms with van der Waals surface area (Å²) in [4.78, 5) is 34.3. The Hall–Kier alpha value is -2.64. The Labute approximate surface area is 152 Å². The molecule has 0 heterocycles. The van der Waals surface area contributed by atoms with Crippen molar-refractivity contribution in [1.29, 1.82) is 0 Å². The van der Waals surface area contributed by atoms with Crippen molar-refractivity contribution in [2.24, 2.45) is 0 Å². The van der Waals surface area contributed by atoms with E-state index >= 15 is 0 Å². The van der Waals surface area contributed by atoms with Gasteiger partial charge in [0.15, 0.2) is 6.10 Å². The average molecular weight is 383 g/mol. The van der Waals surface area contributed by atoms with Crippen LogP contribution in [0.4, 0.5) is 11.4 Å². The summed E-state index contributed by atoms with van der Waals surface area (Å²) in [5, 5.41) is 13.7. The Kier molecular flexibility index (Phi) is 5.95. The molecular weight excluding hydrogens is 371 g/mol. The van der Waals surface area contributed by atoms with Gasteiger partial charge in [0.1, 0.15) is 5.02 Å². The summed E-state index contributed by atoms with van der Waals surface area (Å²) in [5.74, 6) is -1.45. The number of nitro benzene ring substituents is 1. The van der Waals surface area contributed by atoms with E-state index in [1.807, 2.05) is 0 Å². The van der Waals surface area contributed by atoms with Gasteiger partial charge in [-0.05, 0) is 37.3 Å². The van der Waals surface area contributed by atoms with Gasteiger partial charge in [-0.3, -0.25) is 14.9 Å². The van der Waals surface area contributed by atoms with E-state index in [1.54, 1.807) is 18.2 Å². The number of benzene rings is 2. The molecule has 0 spiro atoms. The molecule has 0 aromatic heterocycles. The van der Waals surface area contributed by atoms with Crippen LogP contribution in [0.1, 0.15) is 17.3 Å². The number of carbonyl (C=O) groups is 2. The number of nitrogens with one attached hydrogen (secondary N) is 1. The molecule has 1 N–H and O–H groups in total. The Bertz CT molecular complexity index is 841. The van der Waals surface area contributed by atoms with E-state index in [4.69, 9.17) is 27.9 Å². The van der Waals surface area contributed by atoms with E-state index in [0.717, 1.165) is 6.07 Å². The highest BCUT2D eigenvalue weighted by atomic mass is 35.5. The van der Waals surface area contributed by atoms with E-state index in [2.05, 4.69) is 5.32 Å². The molecule has 0 radical (unpaired) electrons. The van der Waals surface area contributed by atoms with Gasteiger partial charge in [-0.25, -0.2) is 4.79 Å². The minimum Gasteiger partial charge on any atom is -0.449 e. The minimum atomic E-state index is -1.12. The highest BCUT2D eigenvalue weighted by molar-refractivity contribution is 6.32. The quantitative estimate of drug-likeness (QED) is 0.477. The summed E-state index contributed by atoms with van der Waals surface area (Å²) in [6.45, 7) is 1.38. The topological polar surface area (TPSA) is 98.5 Å². The molecule has 0 aliphatic heterocycles. The van der Waals surface area contributed by atoms with Crippen molar-refractivity contribution < 1.29 is 19.2 Å². The molecule has 130 valence electrons. The first-order chi connectivity index (χ1) is 11.8. The van der Waals surface area contributed by atoms with Crippen LogP contribution < -0.4 is 5.32 Å². The van der Waals surface area contributed by atoms with Crippen molar-refractivity contribution in [3.63, 3.8) is 0 Å². The van der Waals surface area contributed by atoms with Crippen LogP contribution in [0.5, 0.6) is 0 Å². The van der Waals surface area contributed by atoms with Crippen molar-refractivity contribution in [2.45, 2.75) is 13.0 Å². The lowest BCUT2D eigenvalue weighted by atomic mass is 10.2. The molecule has 1 unspecified atom stereocenters. The highest BCUT2D eigenvalue weighted by Gasteiger charge is 2.22. The normalized spacial score (nSPS) is 11.5. The molecule has 2 rings (SSSR count). The maximum atomic E-state index is 12.1. The molecule has 0 saturated heterocycles. The van der Waals surface area contributed by atoms with E-state index in [1.165, 1.54) is 25.1 Å². The minimum absolute atomic E-state index is 0.0847. The predicted molar refractivity (Wildman–Crippen MR) is 93.1 cm³/mol. The molecule has 0 bridgehead atoms. The van der Waals surface area contributed by atoms with Crippen molar-refractivity contribution in [3.05, 3.63) is 68.2 Å². The predicted octanol–water partition coefficient (Wildman–Crippen LogP) is 4.09. The van der Waals surface area contributed by atoms with Gasteiger partial charge in [-0.2, -0.15) is 0 Å². The molecule has 1 atom stereocenters. The summed E-state index contributed by atoms with van der Waals surface area (Å²) in [6.07, 6.45) is -1.12. The fourth-order valence-electron chi connectivity index (χ4n) is 1.87. The molecule has 2 aromatic carbocycles. The molecule has 2 aromatic rings. The van der Waals surface area contributed by atoms with Crippen LogP contribution in [0.15, 0.2) is 42.5 Å². The lowest BCUT2D eigenvalue weighted by molar-refractivity contribution is -0.384. The molecule has 0 aliphatic carbocycles. The van der Waals surface area contributed by atoms with Gasteiger partial charge in [0.2, 0.25) is 0 Å². The van der Waals surface area contributed by atoms with Crippen LogP contribution in [0.25, 0.3) is 0 Å². The Morgan fingerprint density at radius 3 is 2.56 bits per heavy atom. The lowest BCUT2D eigenvalue weighted by Gasteiger charge is -2.13. The van der Waals surface area contributed by atoms with Gasteiger partial charge in [0.25, 0.3) is 11.6 Å². The van der Waals surface area contributed by atoms with Crippen molar-refractivity contribution in [1.82, 2.24) is 0 Å². The van der Waals surface area contributed by atoms with Gasteiger partial charge in [0.05, 0.1) is 10.5 Å². The highest BCUT2D eigenvalue weighted by Crippen LogP contribution is 2.25. The number of hydrogen-bond acceptors (Lipinski definition) is 5. The van der Waals surface area contributed by atoms with Crippen LogP contribution in [-0.2, 0) is 9.53 Å². The zero-order chi connectivity index (χ0) is 18.6. The van der Waals surface area contributed by atoms with Crippen molar-refractivity contribution >= 4 is 46.5 Å². The third-order valence-corrected chi connectivity index (χ3v) is 3.68. The summed E-state index contributed by atoms with van der Waals surface area (Å²) >= 11 is 11.5. The molecular formula is C16H12Cl2N2O5. The average Bonchev–Trinajstić information content (AvgIpc) is 2.54. The summed E-state index contributed by atoms with van der Waals surface area (Å²) in [5.41, 5.74) is -0.0619. The fourth-order valence-corrected chi connectivity index (χ4v) is 2.25. The molecule has 0 aliphatic rings. The van der Waals surface area contributed by atoms with Crippen LogP contribution in [0, 0.1) is 10.1 Å². The number of anilines is 1. The zero-order valence-corrected chi connectivity index (χ0v) is 14.4. The summed E-state index contributed by atoms with van der Waals surface area (Å²) in [6, 6.07) is 9.95. The van der Waals surface area contributed by atoms with Crippen LogP contribution >= 0.6 is 23.2 Å². The van der Waals surface area contributed by atoms with Crippen LogP contribution in [0.3, 0.4) is 0 Å². The molecule has 7 nitrogen and oxygen atoms in total. The Balaban J connectivity index is 2.05. The largest absolute Gasteiger partial charge is 0.449 e. The number of nitrogens with zero attached hydrogens (tertiary/aromatic N) is 1. The van der Waals surface area contributed by atoms with Gasteiger partial charge >= 0.3 is 5.97 Å². The third kappa shape index (κ3) is 4.91. The first kappa shape index (κ1) is 18.7. The third-order valence-electron chi connectivity index (χ3n) is 3.12. The fraction of sp³-hybridized carbons (Fsp3) is 0.125. The Morgan fingerprint density at radius 2 is 1.92 bits per heavy atom. The number of carbonyl (C=O) groups excluding carboxylic acids is 2. The van der Waals surface area contributed by atoms with Gasteiger partial charge in [-0.1, -0.05) is 29.3 Å². The van der Waals surface area contributed by atoms with Crippen LogP contribution in [0.2, 0.25) is 10.0 Å². The number of amides is 1. The molecule has 1 amide bonds. The van der Waals surface area contributed by atoms with Crippen molar-refractivity contribution in [2.75, 3.05) is 5.32 Å². The lowest BCUT2D eigenvalue weighted by Crippen LogP contribution is -2.30. The zero-order valence-electron chi connectivity index (χ0n) is 12.9. The van der Waals surface area contributed by atoms with E-state index < -0.39 is 28.6 Å². The second-order valence-electron chi connectivity index (χ2n) is 4.97. The molecule has 9 heteroatoms. The van der Waals surface area contributed by atoms with Gasteiger partial charge in [0, 0.05) is 16.8 Å². The van der Waals surface area contributed by atoms with E-state index in [-0.39, 0.29) is 10.6 Å². The summed E-state index contributed by atoms with van der Waals surface area (Å²) < 4.78 is 5.03. The maximum Gasteiger partial charge on any atom is 0.339 e. The van der Waals surface area contributed by atoms with Crippen LogP contribution in [-0.4, -0.2) is 22.9 Å². The number of rotatable bonds is 5. The number of esters is 1. The van der Waals surface area contributed by atoms with Crippen molar-refractivity contribution in [3.8, 4) is 0 Å². The second-order valence-corrected chi connectivity index (χ2v) is 5.81. The first-order valence-corrected chi connectivity index (χ1v) is 7.75. The molecule has 0 fully saturated rings. The molecule has 25 heavy (non-hydrogen) atoms. The second kappa shape index (κ2) is 7.96. The number of ether oxygens (including phenoxy) is 1. The number of halogens is 2. The standard InChI is InChI=1S/C16H12Cl2N2O5/c1-9(15(21)19-12-4-2-3-11(17)8-12)25-16(22)10-5-6-13(18)14(7-10)20(23)24/h2-9H,1H3,(H,19,21). The molecule has 0 saturated carbocycles. The SMILES string of the molecule is CC(OC(=O)c1ccc(Cl)c([N+](=O)[O-])c1)C(=O)Nc1cccc(Cl)c1. The smallest absolute Gasteiger partial charge is 0.339 e. The monoisotopic (exact) mass is 382 g/mol. The van der Waals surface area contributed by atoms with E-state index in [9.17, 15) is 19.7 Å². The number of hydrogen-bond donors (Lipinski definition) is 1. The number of nitro groups is 1. The summed E-state index contributed by atoms with van der Waals surface area (Å²) in [7, 11) is 0. The van der Waals surface area contributed by atoms with E-state index in [0.29, 0.717) is 10.7 Å². The first-order valence-electron chi connectivity index (χ1n) is 6.99. The van der Waals surface area contributed by atoms with Gasteiger partial charge in [-0.15, -0.1) is 0 Å².